The van der Waals surface area contributed by atoms with Gasteiger partial charge in [-0.15, -0.1) is 0 Å². The van der Waals surface area contributed by atoms with Crippen molar-refractivity contribution >= 4 is 29.1 Å². The number of nitrogens with one attached hydrogen (secondary N) is 1. The van der Waals surface area contributed by atoms with Crippen molar-refractivity contribution in [1.82, 2.24) is 4.90 Å². The highest BCUT2D eigenvalue weighted by Crippen LogP contribution is 2.31. The average molecular weight is 453 g/mol. The maximum absolute atomic E-state index is 13.1. The number of nitrogens with zero attached hydrogens (tertiary/aromatic N) is 1. The van der Waals surface area contributed by atoms with Crippen molar-refractivity contribution in [2.24, 2.45) is 0 Å². The molecule has 0 aliphatic carbocycles. The second-order valence-corrected chi connectivity index (χ2v) is 7.99. The van der Waals surface area contributed by atoms with Crippen molar-refractivity contribution in [2.75, 3.05) is 5.32 Å². The number of hydrogen-bond donors (Lipinski definition) is 1. The van der Waals surface area contributed by atoms with E-state index in [4.69, 9.17) is 16.3 Å². The summed E-state index contributed by atoms with van der Waals surface area (Å²) in [5, 5.41) is 3.41. The van der Waals surface area contributed by atoms with Crippen molar-refractivity contribution in [3.05, 3.63) is 94.3 Å². The molecule has 0 saturated heterocycles. The van der Waals surface area contributed by atoms with Crippen LogP contribution in [0, 0.1) is 5.82 Å². The van der Waals surface area contributed by atoms with Gasteiger partial charge in [0.05, 0.1) is 0 Å². The zero-order valence-electron chi connectivity index (χ0n) is 17.5. The maximum atomic E-state index is 13.1. The molecule has 5 nitrogen and oxygen atoms in total. The van der Waals surface area contributed by atoms with Crippen LogP contribution in [0.15, 0.2) is 66.7 Å². The van der Waals surface area contributed by atoms with Crippen LogP contribution in [0.2, 0.25) is 5.02 Å². The molecule has 0 aromatic heterocycles. The summed E-state index contributed by atoms with van der Waals surface area (Å²) in [6.07, 6.45) is -0.0706. The number of fused-ring (bicyclic) bond motifs is 1. The van der Waals surface area contributed by atoms with E-state index in [1.165, 1.54) is 24.3 Å². The molecule has 1 N–H and O–H groups in total. The van der Waals surface area contributed by atoms with E-state index in [0.29, 0.717) is 41.5 Å². The molecule has 2 amide bonds. The van der Waals surface area contributed by atoms with E-state index in [2.05, 4.69) is 5.32 Å². The summed E-state index contributed by atoms with van der Waals surface area (Å²) < 4.78 is 19.1. The van der Waals surface area contributed by atoms with Gasteiger partial charge in [0.15, 0.2) is 6.10 Å². The van der Waals surface area contributed by atoms with Crippen molar-refractivity contribution < 1.29 is 18.7 Å². The van der Waals surface area contributed by atoms with Gasteiger partial charge in [0.25, 0.3) is 11.8 Å². The van der Waals surface area contributed by atoms with Crippen LogP contribution in [-0.4, -0.2) is 22.8 Å². The largest absolute Gasteiger partial charge is 0.480 e. The third kappa shape index (κ3) is 4.75. The number of amides is 2. The molecule has 1 aliphatic rings. The van der Waals surface area contributed by atoms with E-state index in [1.54, 1.807) is 29.2 Å². The third-order valence-corrected chi connectivity index (χ3v) is 5.70. The summed E-state index contributed by atoms with van der Waals surface area (Å²) >= 11 is 6.31. The Hall–Kier alpha value is -3.38. The molecule has 3 aromatic carbocycles. The molecular formula is C25H22ClFN2O3. The second-order valence-electron chi connectivity index (χ2n) is 7.58. The van der Waals surface area contributed by atoms with Crippen molar-refractivity contribution in [1.29, 1.82) is 0 Å². The van der Waals surface area contributed by atoms with Gasteiger partial charge in [-0.25, -0.2) is 4.39 Å². The molecule has 1 aliphatic heterocycles. The summed E-state index contributed by atoms with van der Waals surface area (Å²) in [6.45, 7) is 2.57. The Labute approximate surface area is 190 Å². The molecule has 164 valence electrons. The fourth-order valence-electron chi connectivity index (χ4n) is 3.62. The SMILES string of the molecule is CCC1Oc2ccc(NC(=O)c3ccc(F)cc3)cc2CN(Cc2ccccc2Cl)C1=O. The molecule has 0 radical (unpaired) electrons. The Morgan fingerprint density at radius 2 is 1.91 bits per heavy atom. The van der Waals surface area contributed by atoms with E-state index in [-0.39, 0.29) is 11.8 Å². The summed E-state index contributed by atoms with van der Waals surface area (Å²) in [5.74, 6) is -0.264. The third-order valence-electron chi connectivity index (χ3n) is 5.33. The van der Waals surface area contributed by atoms with Crippen LogP contribution in [0.4, 0.5) is 10.1 Å². The first-order valence-electron chi connectivity index (χ1n) is 10.3. The lowest BCUT2D eigenvalue weighted by Gasteiger charge is -2.23. The van der Waals surface area contributed by atoms with Gasteiger partial charge in [-0.2, -0.15) is 0 Å². The number of ether oxygens (including phenoxy) is 1. The van der Waals surface area contributed by atoms with Gasteiger partial charge in [-0.3, -0.25) is 9.59 Å². The molecule has 0 spiro atoms. The number of halogens is 2. The second kappa shape index (κ2) is 9.40. The Morgan fingerprint density at radius 1 is 1.16 bits per heavy atom. The van der Waals surface area contributed by atoms with Crippen LogP contribution < -0.4 is 10.1 Å². The van der Waals surface area contributed by atoms with Crippen LogP contribution in [0.25, 0.3) is 0 Å². The van der Waals surface area contributed by atoms with Crippen molar-refractivity contribution in [3.8, 4) is 5.75 Å². The van der Waals surface area contributed by atoms with Crippen LogP contribution in [-0.2, 0) is 17.9 Å². The molecule has 3 aromatic rings. The van der Waals surface area contributed by atoms with Gasteiger partial charge in [-0.05, 0) is 60.5 Å². The lowest BCUT2D eigenvalue weighted by molar-refractivity contribution is -0.139. The smallest absolute Gasteiger partial charge is 0.264 e. The Morgan fingerprint density at radius 3 is 2.62 bits per heavy atom. The summed E-state index contributed by atoms with van der Waals surface area (Å²) in [7, 11) is 0. The van der Waals surface area contributed by atoms with E-state index in [9.17, 15) is 14.0 Å². The predicted molar refractivity (Wildman–Crippen MR) is 121 cm³/mol. The molecule has 32 heavy (non-hydrogen) atoms. The minimum Gasteiger partial charge on any atom is -0.480 e. The van der Waals surface area contributed by atoms with Gasteiger partial charge in [0, 0.05) is 34.9 Å². The molecule has 1 heterocycles. The number of anilines is 1. The standard InChI is InChI=1S/C25H22ClFN2O3/c1-2-22-25(31)29(14-17-5-3-4-6-21(17)26)15-18-13-20(11-12-23(18)32-22)28-24(30)16-7-9-19(27)10-8-16/h3-13,22H,2,14-15H2,1H3,(H,28,30). The molecule has 0 saturated carbocycles. The summed E-state index contributed by atoms with van der Waals surface area (Å²) in [6, 6.07) is 18.0. The topological polar surface area (TPSA) is 58.6 Å². The molecule has 7 heteroatoms. The van der Waals surface area contributed by atoms with Crippen molar-refractivity contribution in [2.45, 2.75) is 32.5 Å². The Balaban J connectivity index is 1.59. The fourth-order valence-corrected chi connectivity index (χ4v) is 3.81. The van der Waals surface area contributed by atoms with Crippen LogP contribution in [0.3, 0.4) is 0 Å². The van der Waals surface area contributed by atoms with Gasteiger partial charge >= 0.3 is 0 Å². The average Bonchev–Trinajstić information content (AvgIpc) is 2.92. The van der Waals surface area contributed by atoms with E-state index in [0.717, 1.165) is 11.1 Å². The fraction of sp³-hybridized carbons (Fsp3) is 0.200. The van der Waals surface area contributed by atoms with E-state index < -0.39 is 11.9 Å². The van der Waals surface area contributed by atoms with E-state index in [1.807, 2.05) is 25.1 Å². The van der Waals surface area contributed by atoms with Gasteiger partial charge in [-0.1, -0.05) is 36.7 Å². The van der Waals surface area contributed by atoms with Crippen LogP contribution in [0.5, 0.6) is 5.75 Å². The number of benzene rings is 3. The van der Waals surface area contributed by atoms with Gasteiger partial charge < -0.3 is 15.0 Å². The van der Waals surface area contributed by atoms with E-state index >= 15 is 0 Å². The van der Waals surface area contributed by atoms with Crippen LogP contribution >= 0.6 is 11.6 Å². The lowest BCUT2D eigenvalue weighted by Crippen LogP contribution is -2.38. The first-order chi connectivity index (χ1) is 15.4. The molecule has 1 unspecified atom stereocenters. The minimum absolute atomic E-state index is 0.111. The number of hydrogen-bond acceptors (Lipinski definition) is 3. The Bertz CT molecular complexity index is 1150. The van der Waals surface area contributed by atoms with Crippen molar-refractivity contribution in [3.63, 3.8) is 0 Å². The normalized spacial score (nSPS) is 15.5. The summed E-state index contributed by atoms with van der Waals surface area (Å²) in [5.41, 5.74) is 2.53. The number of carbonyl (C=O) groups excluding carboxylic acids is 2. The number of rotatable bonds is 5. The monoisotopic (exact) mass is 452 g/mol. The first-order valence-corrected chi connectivity index (χ1v) is 10.7. The highest BCUT2D eigenvalue weighted by molar-refractivity contribution is 6.31. The van der Waals surface area contributed by atoms with Gasteiger partial charge in [0.1, 0.15) is 11.6 Å². The zero-order chi connectivity index (χ0) is 22.7. The quantitative estimate of drug-likeness (QED) is 0.561. The number of carbonyl (C=O) groups is 2. The molecule has 4 rings (SSSR count). The van der Waals surface area contributed by atoms with Crippen LogP contribution in [0.1, 0.15) is 34.8 Å². The molecule has 1 atom stereocenters. The highest BCUT2D eigenvalue weighted by Gasteiger charge is 2.30. The Kier molecular flexibility index (Phi) is 6.42. The maximum Gasteiger partial charge on any atom is 0.264 e. The predicted octanol–water partition coefficient (Wildman–Crippen LogP) is 5.43. The summed E-state index contributed by atoms with van der Waals surface area (Å²) in [4.78, 5) is 27.3. The van der Waals surface area contributed by atoms with Gasteiger partial charge in [0.2, 0.25) is 0 Å². The zero-order valence-corrected chi connectivity index (χ0v) is 18.2. The molecular weight excluding hydrogens is 431 g/mol. The first kappa shape index (κ1) is 21.8. The molecule has 0 fully saturated rings. The molecule has 0 bridgehead atoms. The minimum atomic E-state index is -0.599. The lowest BCUT2D eigenvalue weighted by atomic mass is 10.1. The highest BCUT2D eigenvalue weighted by atomic mass is 35.5.